The zero-order valence-corrected chi connectivity index (χ0v) is 8.76. The SMILES string of the molecule is COc1cc2cc(C(F)(F)F)[nH]c2cc1C=O. The molecule has 1 aromatic carbocycles. The number of hydrogen-bond donors (Lipinski definition) is 1. The molecule has 0 unspecified atom stereocenters. The second-order valence-electron chi connectivity index (χ2n) is 3.48. The molecule has 0 bridgehead atoms. The standard InChI is InChI=1S/C11H8F3NO2/c1-17-9-3-6-4-10(11(12,13)14)15-8(6)2-7(9)5-16/h2-5,15H,1H3. The van der Waals surface area contributed by atoms with Crippen LogP contribution in [0.25, 0.3) is 10.9 Å². The molecule has 2 rings (SSSR count). The molecule has 0 aliphatic heterocycles. The smallest absolute Gasteiger partial charge is 0.431 e. The van der Waals surface area contributed by atoms with E-state index in [-0.39, 0.29) is 16.8 Å². The van der Waals surface area contributed by atoms with Gasteiger partial charge in [0.2, 0.25) is 0 Å². The van der Waals surface area contributed by atoms with Crippen LogP contribution in [-0.4, -0.2) is 18.4 Å². The number of nitrogens with one attached hydrogen (secondary N) is 1. The number of halogens is 3. The second-order valence-corrected chi connectivity index (χ2v) is 3.48. The van der Waals surface area contributed by atoms with E-state index in [9.17, 15) is 18.0 Å². The van der Waals surface area contributed by atoms with Crippen molar-refractivity contribution in [2.24, 2.45) is 0 Å². The number of methoxy groups -OCH3 is 1. The maximum atomic E-state index is 12.5. The van der Waals surface area contributed by atoms with Gasteiger partial charge in [0.25, 0.3) is 0 Å². The fourth-order valence-electron chi connectivity index (χ4n) is 1.60. The normalized spacial score (nSPS) is 11.8. The first-order chi connectivity index (χ1) is 7.95. The van der Waals surface area contributed by atoms with E-state index >= 15 is 0 Å². The van der Waals surface area contributed by atoms with Gasteiger partial charge < -0.3 is 9.72 Å². The van der Waals surface area contributed by atoms with E-state index < -0.39 is 11.9 Å². The Morgan fingerprint density at radius 3 is 2.53 bits per heavy atom. The fourth-order valence-corrected chi connectivity index (χ4v) is 1.60. The Kier molecular flexibility index (Phi) is 2.57. The van der Waals surface area contributed by atoms with Crippen molar-refractivity contribution in [2.75, 3.05) is 7.11 Å². The monoisotopic (exact) mass is 243 g/mol. The molecule has 0 amide bonds. The zero-order chi connectivity index (χ0) is 12.6. The summed E-state index contributed by atoms with van der Waals surface area (Å²) in [6, 6.07) is 3.70. The molecular formula is C11H8F3NO2. The van der Waals surface area contributed by atoms with Crippen LogP contribution in [0.4, 0.5) is 13.2 Å². The molecule has 0 aliphatic rings. The minimum absolute atomic E-state index is 0.204. The largest absolute Gasteiger partial charge is 0.496 e. The molecule has 0 atom stereocenters. The number of carbonyl (C=O) groups is 1. The molecule has 0 fully saturated rings. The number of ether oxygens (including phenoxy) is 1. The van der Waals surface area contributed by atoms with E-state index in [1.165, 1.54) is 19.2 Å². The number of fused-ring (bicyclic) bond motifs is 1. The molecule has 0 spiro atoms. The van der Waals surface area contributed by atoms with Crippen LogP contribution in [0.1, 0.15) is 16.1 Å². The lowest BCUT2D eigenvalue weighted by Gasteiger charge is -2.02. The molecular weight excluding hydrogens is 235 g/mol. The first-order valence-electron chi connectivity index (χ1n) is 4.69. The summed E-state index contributed by atoms with van der Waals surface area (Å²) >= 11 is 0. The third kappa shape index (κ3) is 1.98. The van der Waals surface area contributed by atoms with Crippen molar-refractivity contribution in [3.8, 4) is 5.75 Å². The predicted molar refractivity (Wildman–Crippen MR) is 55.2 cm³/mol. The van der Waals surface area contributed by atoms with Gasteiger partial charge in [-0.05, 0) is 18.2 Å². The van der Waals surface area contributed by atoms with Crippen LogP contribution < -0.4 is 4.74 Å². The van der Waals surface area contributed by atoms with E-state index in [0.717, 1.165) is 6.07 Å². The number of hydrogen-bond acceptors (Lipinski definition) is 2. The van der Waals surface area contributed by atoms with Crippen molar-refractivity contribution >= 4 is 17.2 Å². The lowest BCUT2D eigenvalue weighted by molar-refractivity contribution is -0.140. The summed E-state index contributed by atoms with van der Waals surface area (Å²) in [6.45, 7) is 0. The maximum absolute atomic E-state index is 12.5. The number of carbonyl (C=O) groups excluding carboxylic acids is 1. The Labute approximate surface area is 94.2 Å². The quantitative estimate of drug-likeness (QED) is 0.824. The third-order valence-electron chi connectivity index (χ3n) is 2.40. The van der Waals surface area contributed by atoms with Crippen molar-refractivity contribution in [3.05, 3.63) is 29.5 Å². The van der Waals surface area contributed by atoms with Crippen LogP contribution in [-0.2, 0) is 6.18 Å². The van der Waals surface area contributed by atoms with Gasteiger partial charge in [0, 0.05) is 10.9 Å². The van der Waals surface area contributed by atoms with Crippen LogP contribution in [0.15, 0.2) is 18.2 Å². The van der Waals surface area contributed by atoms with Crippen molar-refractivity contribution in [1.29, 1.82) is 0 Å². The molecule has 1 aromatic heterocycles. The molecule has 90 valence electrons. The Bertz CT molecular complexity index is 572. The number of aromatic amines is 1. The summed E-state index contributed by atoms with van der Waals surface area (Å²) in [5.74, 6) is 0.250. The van der Waals surface area contributed by atoms with Gasteiger partial charge in [-0.3, -0.25) is 4.79 Å². The van der Waals surface area contributed by atoms with Crippen molar-refractivity contribution < 1.29 is 22.7 Å². The van der Waals surface area contributed by atoms with Crippen LogP contribution in [0.5, 0.6) is 5.75 Å². The molecule has 0 saturated carbocycles. The van der Waals surface area contributed by atoms with Gasteiger partial charge in [0.1, 0.15) is 11.4 Å². The first-order valence-corrected chi connectivity index (χ1v) is 4.69. The topological polar surface area (TPSA) is 42.1 Å². The number of alkyl halides is 3. The molecule has 17 heavy (non-hydrogen) atoms. The molecule has 0 saturated heterocycles. The minimum Gasteiger partial charge on any atom is -0.496 e. The first kappa shape index (κ1) is 11.5. The van der Waals surface area contributed by atoms with Gasteiger partial charge in [-0.15, -0.1) is 0 Å². The van der Waals surface area contributed by atoms with E-state index in [4.69, 9.17) is 4.74 Å². The maximum Gasteiger partial charge on any atom is 0.431 e. The van der Waals surface area contributed by atoms with Crippen molar-refractivity contribution in [2.45, 2.75) is 6.18 Å². The fraction of sp³-hybridized carbons (Fsp3) is 0.182. The molecule has 0 aliphatic carbocycles. The Morgan fingerprint density at radius 2 is 2.00 bits per heavy atom. The van der Waals surface area contributed by atoms with Crippen LogP contribution in [0.2, 0.25) is 0 Å². The minimum atomic E-state index is -4.44. The molecule has 6 heteroatoms. The van der Waals surface area contributed by atoms with Gasteiger partial charge in [0.05, 0.1) is 12.7 Å². The highest BCUT2D eigenvalue weighted by atomic mass is 19.4. The molecule has 3 nitrogen and oxygen atoms in total. The van der Waals surface area contributed by atoms with Gasteiger partial charge >= 0.3 is 6.18 Å². The second kappa shape index (κ2) is 3.80. The van der Waals surface area contributed by atoms with Crippen LogP contribution in [0.3, 0.4) is 0 Å². The third-order valence-corrected chi connectivity index (χ3v) is 2.40. The number of rotatable bonds is 2. The Morgan fingerprint density at radius 1 is 1.29 bits per heavy atom. The summed E-state index contributed by atoms with van der Waals surface area (Å²) in [4.78, 5) is 12.9. The van der Waals surface area contributed by atoms with Gasteiger partial charge in [-0.25, -0.2) is 0 Å². The number of H-pyrrole nitrogens is 1. The lowest BCUT2D eigenvalue weighted by Crippen LogP contribution is -2.04. The summed E-state index contributed by atoms with van der Waals surface area (Å²) in [5.41, 5.74) is -0.395. The highest BCUT2D eigenvalue weighted by Gasteiger charge is 2.32. The summed E-state index contributed by atoms with van der Waals surface area (Å²) < 4.78 is 42.3. The highest BCUT2D eigenvalue weighted by molar-refractivity contribution is 5.91. The van der Waals surface area contributed by atoms with Gasteiger partial charge in [-0.2, -0.15) is 13.2 Å². The van der Waals surface area contributed by atoms with Crippen molar-refractivity contribution in [1.82, 2.24) is 4.98 Å². The highest BCUT2D eigenvalue weighted by Crippen LogP contribution is 2.33. The Balaban J connectivity index is 2.65. The average molecular weight is 243 g/mol. The average Bonchev–Trinajstić information content (AvgIpc) is 2.69. The number of aromatic nitrogens is 1. The predicted octanol–water partition coefficient (Wildman–Crippen LogP) is 3.01. The summed E-state index contributed by atoms with van der Waals surface area (Å²) in [7, 11) is 1.35. The number of benzene rings is 1. The van der Waals surface area contributed by atoms with Crippen LogP contribution in [0, 0.1) is 0 Å². The zero-order valence-electron chi connectivity index (χ0n) is 8.76. The summed E-state index contributed by atoms with van der Waals surface area (Å²) in [5, 5.41) is 0.347. The van der Waals surface area contributed by atoms with E-state index in [1.54, 1.807) is 0 Å². The van der Waals surface area contributed by atoms with Gasteiger partial charge in [-0.1, -0.05) is 0 Å². The lowest BCUT2D eigenvalue weighted by atomic mass is 10.1. The summed E-state index contributed by atoms with van der Waals surface area (Å²) in [6.07, 6.45) is -3.90. The number of aldehydes is 1. The van der Waals surface area contributed by atoms with Crippen molar-refractivity contribution in [3.63, 3.8) is 0 Å². The van der Waals surface area contributed by atoms with E-state index in [0.29, 0.717) is 11.7 Å². The van der Waals surface area contributed by atoms with Crippen LogP contribution >= 0.6 is 0 Å². The molecule has 1 heterocycles. The molecule has 2 aromatic rings. The molecule has 1 N–H and O–H groups in total. The van der Waals surface area contributed by atoms with E-state index in [2.05, 4.69) is 4.98 Å². The van der Waals surface area contributed by atoms with E-state index in [1.807, 2.05) is 0 Å². The molecule has 0 radical (unpaired) electrons. The van der Waals surface area contributed by atoms with Gasteiger partial charge in [0.15, 0.2) is 6.29 Å². The Hall–Kier alpha value is -1.98.